The normalized spacial score (nSPS) is 14.3. The van der Waals surface area contributed by atoms with Crippen LogP contribution in [-0.4, -0.2) is 73.8 Å². The Labute approximate surface area is 152 Å². The summed E-state index contributed by atoms with van der Waals surface area (Å²) < 4.78 is 16.9. The minimum absolute atomic E-state index is 0.0810. The summed E-state index contributed by atoms with van der Waals surface area (Å²) in [5.74, 6) is 1.26. The second-order valence-electron chi connectivity index (χ2n) is 5.13. The van der Waals surface area contributed by atoms with Gasteiger partial charge in [-0.2, -0.15) is 0 Å². The van der Waals surface area contributed by atoms with Gasteiger partial charge in [-0.25, -0.2) is 0 Å². The summed E-state index contributed by atoms with van der Waals surface area (Å²) >= 11 is 6.86. The van der Waals surface area contributed by atoms with Gasteiger partial charge in [-0.3, -0.25) is 4.79 Å². The maximum atomic E-state index is 12.9. The van der Waals surface area contributed by atoms with Crippen LogP contribution >= 0.6 is 24.0 Å². The van der Waals surface area contributed by atoms with Gasteiger partial charge in [0.05, 0.1) is 26.9 Å². The number of methoxy groups -OCH3 is 3. The van der Waals surface area contributed by atoms with Crippen LogP contribution in [0, 0.1) is 0 Å². The van der Waals surface area contributed by atoms with Crippen LogP contribution < -0.4 is 14.2 Å². The summed E-state index contributed by atoms with van der Waals surface area (Å²) in [6, 6.07) is 3.43. The van der Waals surface area contributed by atoms with Crippen molar-refractivity contribution in [3.63, 3.8) is 0 Å². The van der Waals surface area contributed by atoms with Gasteiger partial charge >= 0.3 is 0 Å². The highest BCUT2D eigenvalue weighted by Crippen LogP contribution is 2.40. The largest absolute Gasteiger partial charge is 0.493 e. The van der Waals surface area contributed by atoms with Crippen LogP contribution in [-0.2, 0) is 0 Å². The van der Waals surface area contributed by atoms with Crippen molar-refractivity contribution in [3.8, 4) is 17.2 Å². The maximum absolute atomic E-state index is 12.9. The zero-order valence-electron chi connectivity index (χ0n) is 14.3. The zero-order chi connectivity index (χ0) is 17.7. The highest BCUT2D eigenvalue weighted by molar-refractivity contribution is 8.22. The number of piperazine rings is 1. The van der Waals surface area contributed by atoms with E-state index in [4.69, 9.17) is 26.4 Å². The number of carbonyl (C=O) groups excluding carboxylic acids is 1. The smallest absolute Gasteiger partial charge is 0.257 e. The highest BCUT2D eigenvalue weighted by Gasteiger charge is 2.27. The molecule has 1 saturated heterocycles. The van der Waals surface area contributed by atoms with Crippen molar-refractivity contribution in [2.45, 2.75) is 0 Å². The second kappa shape index (κ2) is 8.43. The first-order valence-corrected chi connectivity index (χ1v) is 9.11. The summed E-state index contributed by atoms with van der Waals surface area (Å²) in [5, 5.41) is 0. The number of rotatable bonds is 4. The minimum atomic E-state index is -0.0810. The third-order valence-corrected chi connectivity index (χ3v) is 5.30. The van der Waals surface area contributed by atoms with E-state index in [2.05, 4.69) is 4.90 Å². The van der Waals surface area contributed by atoms with Gasteiger partial charge in [0.15, 0.2) is 11.5 Å². The average Bonchev–Trinajstić information content (AvgIpc) is 2.65. The van der Waals surface area contributed by atoms with Crippen LogP contribution in [0.5, 0.6) is 17.2 Å². The fraction of sp³-hybridized carbons (Fsp3) is 0.500. The number of amides is 1. The first-order chi connectivity index (χ1) is 11.6. The maximum Gasteiger partial charge on any atom is 0.257 e. The lowest BCUT2D eigenvalue weighted by molar-refractivity contribution is 0.0691. The molecule has 0 aliphatic carbocycles. The van der Waals surface area contributed by atoms with E-state index in [0.29, 0.717) is 35.9 Å². The molecule has 1 aliphatic rings. The van der Waals surface area contributed by atoms with Gasteiger partial charge in [0, 0.05) is 26.2 Å². The third-order valence-electron chi connectivity index (χ3n) is 3.93. The molecule has 1 aromatic rings. The van der Waals surface area contributed by atoms with Gasteiger partial charge in [0.2, 0.25) is 5.75 Å². The van der Waals surface area contributed by atoms with E-state index >= 15 is 0 Å². The Bertz CT molecular complexity index is 616. The summed E-state index contributed by atoms with van der Waals surface area (Å²) in [4.78, 5) is 16.8. The predicted molar refractivity (Wildman–Crippen MR) is 99.7 cm³/mol. The van der Waals surface area contributed by atoms with Gasteiger partial charge in [-0.05, 0) is 18.4 Å². The standard InChI is InChI=1S/C16H22N2O4S2/c1-20-12-6-5-11(13(21-2)14(12)22-3)15(19)17-7-9-18(10-8-17)16(23)24-4/h5-6H,7-10H2,1-4H3. The second-order valence-corrected chi connectivity index (χ2v) is 6.57. The van der Waals surface area contributed by atoms with Gasteiger partial charge < -0.3 is 24.0 Å². The predicted octanol–water partition coefficient (Wildman–Crippen LogP) is 2.12. The molecule has 0 atom stereocenters. The molecular formula is C16H22N2O4S2. The van der Waals surface area contributed by atoms with Crippen molar-refractivity contribution in [2.24, 2.45) is 0 Å². The Morgan fingerprint density at radius 1 is 1.00 bits per heavy atom. The van der Waals surface area contributed by atoms with Crippen LogP contribution in [0.25, 0.3) is 0 Å². The number of ether oxygens (including phenoxy) is 3. The van der Waals surface area contributed by atoms with Crippen molar-refractivity contribution in [2.75, 3.05) is 53.8 Å². The first kappa shape index (κ1) is 18.7. The Kier molecular flexibility index (Phi) is 6.56. The van der Waals surface area contributed by atoms with Gasteiger partial charge in [-0.15, -0.1) is 11.8 Å². The number of benzene rings is 1. The number of hydrogen-bond donors (Lipinski definition) is 0. The molecule has 1 heterocycles. The number of nitrogens with zero attached hydrogens (tertiary/aromatic N) is 2. The molecule has 0 spiro atoms. The Hall–Kier alpha value is -1.67. The van der Waals surface area contributed by atoms with Gasteiger partial charge in [-0.1, -0.05) is 12.2 Å². The topological polar surface area (TPSA) is 51.2 Å². The van der Waals surface area contributed by atoms with Crippen molar-refractivity contribution < 1.29 is 19.0 Å². The monoisotopic (exact) mass is 370 g/mol. The van der Waals surface area contributed by atoms with Crippen molar-refractivity contribution in [1.82, 2.24) is 9.80 Å². The highest BCUT2D eigenvalue weighted by atomic mass is 32.2. The zero-order valence-corrected chi connectivity index (χ0v) is 16.0. The first-order valence-electron chi connectivity index (χ1n) is 7.48. The number of carbonyl (C=O) groups is 1. The molecule has 0 aromatic heterocycles. The molecule has 2 rings (SSSR count). The lowest BCUT2D eigenvalue weighted by atomic mass is 10.1. The molecule has 0 bridgehead atoms. The fourth-order valence-corrected chi connectivity index (χ4v) is 3.28. The molecule has 8 heteroatoms. The number of hydrogen-bond acceptors (Lipinski definition) is 6. The molecule has 1 aromatic carbocycles. The van der Waals surface area contributed by atoms with Crippen molar-refractivity contribution in [1.29, 1.82) is 0 Å². The molecular weight excluding hydrogens is 348 g/mol. The van der Waals surface area contributed by atoms with Crippen LogP contribution in [0.3, 0.4) is 0 Å². The van der Waals surface area contributed by atoms with Gasteiger partial charge in [0.25, 0.3) is 5.91 Å². The van der Waals surface area contributed by atoms with Crippen LogP contribution in [0.1, 0.15) is 10.4 Å². The molecule has 24 heavy (non-hydrogen) atoms. The van der Waals surface area contributed by atoms with E-state index in [1.54, 1.807) is 31.0 Å². The van der Waals surface area contributed by atoms with E-state index < -0.39 is 0 Å². The van der Waals surface area contributed by atoms with Crippen LogP contribution in [0.4, 0.5) is 0 Å². The quantitative estimate of drug-likeness (QED) is 0.753. The molecule has 0 unspecified atom stereocenters. The third kappa shape index (κ3) is 3.70. The molecule has 0 radical (unpaired) electrons. The summed E-state index contributed by atoms with van der Waals surface area (Å²) in [5.41, 5.74) is 0.469. The molecule has 6 nitrogen and oxygen atoms in total. The Morgan fingerprint density at radius 3 is 2.08 bits per heavy atom. The summed E-state index contributed by atoms with van der Waals surface area (Å²) in [6.07, 6.45) is 1.97. The van der Waals surface area contributed by atoms with E-state index in [-0.39, 0.29) is 5.91 Å². The van der Waals surface area contributed by atoms with Crippen molar-refractivity contribution in [3.05, 3.63) is 17.7 Å². The van der Waals surface area contributed by atoms with Crippen LogP contribution in [0.2, 0.25) is 0 Å². The van der Waals surface area contributed by atoms with E-state index in [9.17, 15) is 4.79 Å². The average molecular weight is 370 g/mol. The lowest BCUT2D eigenvalue weighted by Crippen LogP contribution is -2.49. The van der Waals surface area contributed by atoms with Gasteiger partial charge in [0.1, 0.15) is 4.32 Å². The lowest BCUT2D eigenvalue weighted by Gasteiger charge is -2.35. The van der Waals surface area contributed by atoms with E-state index in [0.717, 1.165) is 17.4 Å². The number of thiocarbonyl (C=S) groups is 1. The Balaban J connectivity index is 2.20. The molecule has 1 amide bonds. The molecule has 0 saturated carbocycles. The molecule has 132 valence electrons. The van der Waals surface area contributed by atoms with Crippen molar-refractivity contribution >= 4 is 34.2 Å². The van der Waals surface area contributed by atoms with E-state index in [1.807, 2.05) is 11.2 Å². The number of thioether (sulfide) groups is 1. The Morgan fingerprint density at radius 2 is 1.58 bits per heavy atom. The molecule has 1 fully saturated rings. The molecule has 0 N–H and O–H groups in total. The molecule has 1 aliphatic heterocycles. The fourth-order valence-electron chi connectivity index (χ4n) is 2.66. The summed E-state index contributed by atoms with van der Waals surface area (Å²) in [6.45, 7) is 2.72. The van der Waals surface area contributed by atoms with Crippen LogP contribution in [0.15, 0.2) is 12.1 Å². The van der Waals surface area contributed by atoms with E-state index in [1.165, 1.54) is 14.2 Å². The summed E-state index contributed by atoms with van der Waals surface area (Å²) in [7, 11) is 4.59. The minimum Gasteiger partial charge on any atom is -0.493 e. The SMILES string of the molecule is COc1ccc(C(=O)N2CCN(C(=S)SC)CC2)c(OC)c1OC.